The van der Waals surface area contributed by atoms with Crippen LogP contribution in [0.2, 0.25) is 0 Å². The average Bonchev–Trinajstić information content (AvgIpc) is 2.76. The number of aryl methyl sites for hydroxylation is 1. The van der Waals surface area contributed by atoms with Crippen molar-refractivity contribution in [1.82, 2.24) is 9.97 Å². The van der Waals surface area contributed by atoms with Crippen molar-refractivity contribution >= 4 is 28.3 Å². The minimum atomic E-state index is -1.13. The Hall–Kier alpha value is -3.06. The van der Waals surface area contributed by atoms with Crippen molar-refractivity contribution in [2.24, 2.45) is 0 Å². The van der Waals surface area contributed by atoms with Gasteiger partial charge in [-0.15, -0.1) is 0 Å². The Bertz CT molecular complexity index is 1070. The van der Waals surface area contributed by atoms with Crippen LogP contribution in [0.1, 0.15) is 24.6 Å². The fourth-order valence-electron chi connectivity index (χ4n) is 3.40. The van der Waals surface area contributed by atoms with Crippen molar-refractivity contribution in [1.29, 1.82) is 0 Å². The van der Waals surface area contributed by atoms with Gasteiger partial charge < -0.3 is 10.1 Å². The van der Waals surface area contributed by atoms with Gasteiger partial charge in [-0.3, -0.25) is 9.00 Å². The van der Waals surface area contributed by atoms with Gasteiger partial charge in [0.2, 0.25) is 0 Å². The number of nitrogens with one attached hydrogen (secondary N) is 1. The smallest absolute Gasteiger partial charge is 0.310 e. The van der Waals surface area contributed by atoms with Gasteiger partial charge in [0, 0.05) is 17.0 Å². The van der Waals surface area contributed by atoms with Crippen LogP contribution in [0.4, 0.5) is 11.5 Å². The third-order valence-corrected chi connectivity index (χ3v) is 6.35. The second kappa shape index (κ2) is 9.17. The summed E-state index contributed by atoms with van der Waals surface area (Å²) < 4.78 is 17.7. The van der Waals surface area contributed by atoms with E-state index in [0.29, 0.717) is 28.9 Å². The Morgan fingerprint density at radius 2 is 1.87 bits per heavy atom. The number of rotatable bonds is 6. The molecule has 0 aliphatic carbocycles. The molecule has 2 aromatic carbocycles. The van der Waals surface area contributed by atoms with E-state index in [1.165, 1.54) is 0 Å². The Morgan fingerprint density at radius 3 is 2.60 bits per heavy atom. The average molecular weight is 422 g/mol. The fraction of sp³-hybridized carbons (Fsp3) is 0.261. The van der Waals surface area contributed by atoms with E-state index in [1.807, 2.05) is 54.6 Å². The Labute approximate surface area is 178 Å². The molecule has 0 bridgehead atoms. The molecule has 30 heavy (non-hydrogen) atoms. The molecule has 0 fully saturated rings. The molecule has 2 heterocycles. The highest BCUT2D eigenvalue weighted by Crippen LogP contribution is 2.31. The van der Waals surface area contributed by atoms with E-state index >= 15 is 0 Å². The van der Waals surface area contributed by atoms with Crippen LogP contribution < -0.4 is 5.32 Å². The van der Waals surface area contributed by atoms with Crippen molar-refractivity contribution in [2.45, 2.75) is 31.1 Å². The number of ether oxygens (including phenoxy) is 1. The quantitative estimate of drug-likeness (QED) is 0.605. The molecule has 4 rings (SSSR count). The van der Waals surface area contributed by atoms with Crippen LogP contribution >= 0.6 is 0 Å². The highest BCUT2D eigenvalue weighted by atomic mass is 32.2. The summed E-state index contributed by atoms with van der Waals surface area (Å²) >= 11 is 0. The summed E-state index contributed by atoms with van der Waals surface area (Å²) in [5, 5.41) is 3.32. The van der Waals surface area contributed by atoms with Gasteiger partial charge in [-0.05, 0) is 37.5 Å². The number of benzene rings is 2. The summed E-state index contributed by atoms with van der Waals surface area (Å²) in [5.74, 6) is 1.57. The molecule has 3 aromatic rings. The van der Waals surface area contributed by atoms with Crippen molar-refractivity contribution < 1.29 is 13.7 Å². The molecular weight excluding hydrogens is 398 g/mol. The number of esters is 1. The second-order valence-electron chi connectivity index (χ2n) is 6.99. The van der Waals surface area contributed by atoms with Crippen LogP contribution in [-0.2, 0) is 33.2 Å². The van der Waals surface area contributed by atoms with E-state index in [4.69, 9.17) is 14.7 Å². The number of hydrogen-bond acceptors (Lipinski definition) is 6. The van der Waals surface area contributed by atoms with Crippen molar-refractivity contribution in [2.75, 3.05) is 17.7 Å². The third-order valence-electron chi connectivity index (χ3n) is 4.81. The van der Waals surface area contributed by atoms with Crippen LogP contribution in [-0.4, -0.2) is 32.5 Å². The molecule has 0 radical (unpaired) electrons. The predicted molar refractivity (Wildman–Crippen MR) is 117 cm³/mol. The van der Waals surface area contributed by atoms with E-state index in [0.717, 1.165) is 35.3 Å². The number of aromatic nitrogens is 2. The van der Waals surface area contributed by atoms with Crippen LogP contribution in [0.25, 0.3) is 11.4 Å². The highest BCUT2D eigenvalue weighted by Gasteiger charge is 2.24. The Balaban J connectivity index is 1.64. The standard InChI is InChI=1S/C23H23N3O3S/c1-2-29-20(27)15-16-10-12-18(13-11-16)24-23-21-19(9-6-14-30(21)28)25-22(26-23)17-7-4-3-5-8-17/h3-5,7-8,10-13H,2,6,9,14-15H2,1H3,(H,24,25,26). The molecule has 1 unspecified atom stereocenters. The maximum Gasteiger partial charge on any atom is 0.310 e. The summed E-state index contributed by atoms with van der Waals surface area (Å²) in [5.41, 5.74) is 3.45. The van der Waals surface area contributed by atoms with Crippen molar-refractivity contribution in [3.05, 3.63) is 65.9 Å². The number of anilines is 2. The molecule has 1 aliphatic heterocycles. The van der Waals surface area contributed by atoms with Crippen LogP contribution in [0.5, 0.6) is 0 Å². The first-order valence-electron chi connectivity index (χ1n) is 10.0. The van der Waals surface area contributed by atoms with Gasteiger partial charge >= 0.3 is 5.97 Å². The molecule has 1 aromatic heterocycles. The molecule has 0 spiro atoms. The second-order valence-corrected chi connectivity index (χ2v) is 8.50. The van der Waals surface area contributed by atoms with Crippen molar-refractivity contribution in [3.8, 4) is 11.4 Å². The van der Waals surface area contributed by atoms with Gasteiger partial charge in [0.05, 0.1) is 29.5 Å². The number of fused-ring (bicyclic) bond motifs is 1. The summed E-state index contributed by atoms with van der Waals surface area (Å²) in [6.07, 6.45) is 1.88. The summed E-state index contributed by atoms with van der Waals surface area (Å²) in [6.45, 7) is 2.17. The maximum absolute atomic E-state index is 12.7. The van der Waals surface area contributed by atoms with Gasteiger partial charge in [-0.25, -0.2) is 9.97 Å². The summed E-state index contributed by atoms with van der Waals surface area (Å²) in [4.78, 5) is 21.8. The minimum absolute atomic E-state index is 0.235. The fourth-order valence-corrected chi connectivity index (χ4v) is 4.73. The Kier molecular flexibility index (Phi) is 6.18. The van der Waals surface area contributed by atoms with Gasteiger partial charge in [-0.2, -0.15) is 0 Å². The van der Waals surface area contributed by atoms with E-state index < -0.39 is 10.8 Å². The zero-order valence-corrected chi connectivity index (χ0v) is 17.6. The molecule has 6 nitrogen and oxygen atoms in total. The normalized spacial score (nSPS) is 15.3. The lowest BCUT2D eigenvalue weighted by molar-refractivity contribution is -0.142. The lowest BCUT2D eigenvalue weighted by Gasteiger charge is -2.19. The molecule has 0 saturated carbocycles. The molecule has 7 heteroatoms. The predicted octanol–water partition coefficient (Wildman–Crippen LogP) is 4.05. The SMILES string of the molecule is CCOC(=O)Cc1ccc(Nc2nc(-c3ccccc3)nc3c2S(=O)CCC3)cc1. The summed E-state index contributed by atoms with van der Waals surface area (Å²) in [6, 6.07) is 17.3. The minimum Gasteiger partial charge on any atom is -0.466 e. The molecule has 1 N–H and O–H groups in total. The molecular formula is C23H23N3O3S. The molecule has 1 atom stereocenters. The van der Waals surface area contributed by atoms with Crippen molar-refractivity contribution in [3.63, 3.8) is 0 Å². The number of carbonyl (C=O) groups excluding carboxylic acids is 1. The zero-order valence-electron chi connectivity index (χ0n) is 16.8. The molecule has 0 amide bonds. The molecule has 0 saturated heterocycles. The van der Waals surface area contributed by atoms with Gasteiger partial charge in [-0.1, -0.05) is 42.5 Å². The lowest BCUT2D eigenvalue weighted by Crippen LogP contribution is -2.16. The van der Waals surface area contributed by atoms with Gasteiger partial charge in [0.25, 0.3) is 0 Å². The third kappa shape index (κ3) is 4.57. The largest absolute Gasteiger partial charge is 0.466 e. The lowest BCUT2D eigenvalue weighted by atomic mass is 10.1. The maximum atomic E-state index is 12.7. The first-order chi connectivity index (χ1) is 14.6. The molecule has 154 valence electrons. The number of hydrogen-bond donors (Lipinski definition) is 1. The van der Waals surface area contributed by atoms with E-state index in [-0.39, 0.29) is 12.4 Å². The summed E-state index contributed by atoms with van der Waals surface area (Å²) in [7, 11) is -1.13. The Morgan fingerprint density at radius 1 is 1.10 bits per heavy atom. The van der Waals surface area contributed by atoms with E-state index in [1.54, 1.807) is 6.92 Å². The van der Waals surface area contributed by atoms with Crippen LogP contribution in [0.3, 0.4) is 0 Å². The number of carbonyl (C=O) groups is 1. The highest BCUT2D eigenvalue weighted by molar-refractivity contribution is 7.85. The topological polar surface area (TPSA) is 81.2 Å². The van der Waals surface area contributed by atoms with Gasteiger partial charge in [0.15, 0.2) is 11.6 Å². The zero-order chi connectivity index (χ0) is 20.9. The first kappa shape index (κ1) is 20.2. The monoisotopic (exact) mass is 421 g/mol. The molecule has 1 aliphatic rings. The van der Waals surface area contributed by atoms with E-state index in [9.17, 15) is 9.00 Å². The first-order valence-corrected chi connectivity index (χ1v) is 11.3. The van der Waals surface area contributed by atoms with E-state index in [2.05, 4.69) is 5.32 Å². The van der Waals surface area contributed by atoms with Gasteiger partial charge in [0.1, 0.15) is 4.90 Å². The number of nitrogens with zero attached hydrogens (tertiary/aromatic N) is 2. The van der Waals surface area contributed by atoms with Crippen LogP contribution in [0, 0.1) is 0 Å². The van der Waals surface area contributed by atoms with Crippen LogP contribution in [0.15, 0.2) is 59.5 Å².